The molecule has 9 aromatic rings. The molecule has 0 saturated carbocycles. The van der Waals surface area contributed by atoms with Crippen LogP contribution >= 0.6 is 0 Å². The van der Waals surface area contributed by atoms with Crippen molar-refractivity contribution in [1.29, 1.82) is 0 Å². The third-order valence-electron chi connectivity index (χ3n) is 8.65. The summed E-state index contributed by atoms with van der Waals surface area (Å²) < 4.78 is 85.7. The van der Waals surface area contributed by atoms with Gasteiger partial charge in [-0.3, -0.25) is 0 Å². The van der Waals surface area contributed by atoms with Gasteiger partial charge in [-0.05, 0) is 101 Å². The zero-order valence-electron chi connectivity index (χ0n) is 31.6. The van der Waals surface area contributed by atoms with E-state index in [9.17, 15) is 0 Å². The van der Waals surface area contributed by atoms with Gasteiger partial charge in [0.25, 0.3) is 0 Å². The molecule has 0 spiro atoms. The molecule has 0 bridgehead atoms. The normalized spacial score (nSPS) is 15.3. The third kappa shape index (κ3) is 3.22. The van der Waals surface area contributed by atoms with E-state index in [1.54, 1.807) is 0 Å². The molecule has 0 N–H and O–H groups in total. The number of rotatable bonds is 2. The van der Waals surface area contributed by atoms with Crippen molar-refractivity contribution < 1.29 is 17.1 Å². The standard InChI is InChI=1S/C42H24O/c1-2-10-38-34(7-1)36-9-4-8-35-33(21-22-39(43-38)42(35)36)31-16-14-28-23-30(15-13-29(28)24-31)32-19-17-27-12-11-25-5-3-6-26-18-20-37(32)41(27)40(25)26/h1-24H/i3D,5D,6D,11D,12D,17D,18D,19D,20D. The maximum absolute atomic E-state index is 9.15. The topological polar surface area (TPSA) is 9.23 Å². The lowest BCUT2D eigenvalue weighted by atomic mass is 9.88. The van der Waals surface area contributed by atoms with Gasteiger partial charge in [-0.25, -0.2) is 0 Å². The third-order valence-corrected chi connectivity index (χ3v) is 8.65. The highest BCUT2D eigenvalue weighted by Gasteiger charge is 2.21. The molecule has 198 valence electrons. The number of hydrogen-bond acceptors (Lipinski definition) is 1. The second-order valence-electron chi connectivity index (χ2n) is 11.0. The molecule has 0 atom stereocenters. The molecule has 0 fully saturated rings. The maximum atomic E-state index is 9.15. The summed E-state index contributed by atoms with van der Waals surface area (Å²) >= 11 is 0. The molecule has 1 aliphatic rings. The van der Waals surface area contributed by atoms with Crippen molar-refractivity contribution in [3.8, 4) is 44.9 Å². The van der Waals surface area contributed by atoms with E-state index < -0.39 is 24.2 Å². The maximum Gasteiger partial charge on any atom is 0.135 e. The average Bonchev–Trinajstić information content (AvgIpc) is 3.15. The summed E-state index contributed by atoms with van der Waals surface area (Å²) in [6, 6.07) is 26.9. The van der Waals surface area contributed by atoms with Gasteiger partial charge in [-0.2, -0.15) is 0 Å². The minimum Gasteiger partial charge on any atom is -0.456 e. The van der Waals surface area contributed by atoms with Gasteiger partial charge in [0.05, 0.1) is 12.3 Å². The van der Waals surface area contributed by atoms with E-state index >= 15 is 0 Å². The molecule has 1 heteroatoms. The van der Waals surface area contributed by atoms with Crippen molar-refractivity contribution in [3.05, 3.63) is 145 Å². The first-order valence-electron chi connectivity index (χ1n) is 18.6. The molecule has 1 nitrogen and oxygen atoms in total. The Bertz CT molecular complexity index is 3070. The first kappa shape index (κ1) is 16.1. The van der Waals surface area contributed by atoms with Gasteiger partial charge in [-0.1, -0.05) is 121 Å². The SMILES string of the molecule is [2H]c1c([2H])c2c([2H])c([2H])c3c([2H])c([2H])c(-c4ccc5cc(-c6ccc7c8c(cccc68)-c6ccccc6O7)ccc5c4)c4c([2H])c([2H])c(c1[2H])c2c34. The lowest BCUT2D eigenvalue weighted by Gasteiger charge is -2.22. The van der Waals surface area contributed by atoms with Gasteiger partial charge in [0, 0.05) is 10.9 Å². The summed E-state index contributed by atoms with van der Waals surface area (Å²) in [6.07, 6.45) is 0. The summed E-state index contributed by atoms with van der Waals surface area (Å²) in [6.45, 7) is 0. The molecule has 0 unspecified atom stereocenters. The summed E-state index contributed by atoms with van der Waals surface area (Å²) in [5.74, 6) is 1.64. The molecule has 0 amide bonds. The summed E-state index contributed by atoms with van der Waals surface area (Å²) in [4.78, 5) is 0. The Hall–Kier alpha value is -5.66. The molecule has 0 saturated heterocycles. The van der Waals surface area contributed by atoms with Crippen LogP contribution in [0.2, 0.25) is 0 Å². The van der Waals surface area contributed by atoms with Crippen LogP contribution in [0, 0.1) is 0 Å². The first-order valence-corrected chi connectivity index (χ1v) is 14.1. The fourth-order valence-corrected chi connectivity index (χ4v) is 6.68. The Balaban J connectivity index is 1.20. The van der Waals surface area contributed by atoms with Crippen LogP contribution in [0.15, 0.2) is 145 Å². The van der Waals surface area contributed by atoms with Crippen molar-refractivity contribution >= 4 is 53.9 Å². The van der Waals surface area contributed by atoms with E-state index in [0.717, 1.165) is 55.3 Å². The van der Waals surface area contributed by atoms with E-state index in [1.807, 2.05) is 54.6 Å². The van der Waals surface area contributed by atoms with Crippen LogP contribution in [-0.4, -0.2) is 0 Å². The molecule has 1 heterocycles. The van der Waals surface area contributed by atoms with E-state index in [4.69, 9.17) is 17.1 Å². The fourth-order valence-electron chi connectivity index (χ4n) is 6.68. The number of benzene rings is 9. The van der Waals surface area contributed by atoms with E-state index in [-0.39, 0.29) is 68.1 Å². The Morgan fingerprint density at radius 2 is 1.09 bits per heavy atom. The van der Waals surface area contributed by atoms with Gasteiger partial charge >= 0.3 is 0 Å². The zero-order valence-corrected chi connectivity index (χ0v) is 22.6. The molecule has 1 aliphatic heterocycles. The van der Waals surface area contributed by atoms with E-state index in [2.05, 4.69) is 36.4 Å². The minimum atomic E-state index is -0.487. The second kappa shape index (κ2) is 8.44. The van der Waals surface area contributed by atoms with Crippen LogP contribution < -0.4 is 4.74 Å². The smallest absolute Gasteiger partial charge is 0.135 e. The Labute approximate surface area is 261 Å². The Morgan fingerprint density at radius 3 is 1.93 bits per heavy atom. The van der Waals surface area contributed by atoms with Crippen molar-refractivity contribution in [3.63, 3.8) is 0 Å². The van der Waals surface area contributed by atoms with Gasteiger partial charge < -0.3 is 4.74 Å². The van der Waals surface area contributed by atoms with Gasteiger partial charge in [0.15, 0.2) is 0 Å². The number of ether oxygens (including phenoxy) is 1. The lowest BCUT2D eigenvalue weighted by Crippen LogP contribution is -1.97. The number of fused-ring (bicyclic) bond motifs is 3. The van der Waals surface area contributed by atoms with Gasteiger partial charge in [0.2, 0.25) is 0 Å². The largest absolute Gasteiger partial charge is 0.456 e. The molecule has 10 rings (SSSR count). The predicted molar refractivity (Wildman–Crippen MR) is 182 cm³/mol. The Morgan fingerprint density at radius 1 is 0.395 bits per heavy atom. The second-order valence-corrected chi connectivity index (χ2v) is 11.0. The van der Waals surface area contributed by atoms with Crippen molar-refractivity contribution in [2.24, 2.45) is 0 Å². The summed E-state index contributed by atoms with van der Waals surface area (Å²) in [5, 5.41) is 4.27. The Kier molecular flexibility index (Phi) is 3.16. The zero-order chi connectivity index (χ0) is 35.9. The number of para-hydroxylation sites is 1. The average molecular weight is 554 g/mol. The van der Waals surface area contributed by atoms with Gasteiger partial charge in [0.1, 0.15) is 11.5 Å². The summed E-state index contributed by atoms with van der Waals surface area (Å²) in [7, 11) is 0. The number of hydrogen-bond donors (Lipinski definition) is 0. The fraction of sp³-hybridized carbons (Fsp3) is 0. The highest BCUT2D eigenvalue weighted by Crippen LogP contribution is 2.48. The first-order chi connectivity index (χ1) is 25.1. The quantitative estimate of drug-likeness (QED) is 0.193. The lowest BCUT2D eigenvalue weighted by molar-refractivity contribution is 0.487. The van der Waals surface area contributed by atoms with E-state index in [1.165, 1.54) is 0 Å². The van der Waals surface area contributed by atoms with Crippen LogP contribution in [0.3, 0.4) is 0 Å². The van der Waals surface area contributed by atoms with Crippen LogP contribution in [0.25, 0.3) is 87.2 Å². The minimum absolute atomic E-state index is 0.0309. The van der Waals surface area contributed by atoms with Crippen LogP contribution in [0.1, 0.15) is 12.3 Å². The molecule has 9 aromatic carbocycles. The highest BCUT2D eigenvalue weighted by molar-refractivity contribution is 6.25. The van der Waals surface area contributed by atoms with Crippen molar-refractivity contribution in [1.82, 2.24) is 0 Å². The molecular formula is C42H24O. The van der Waals surface area contributed by atoms with Crippen molar-refractivity contribution in [2.75, 3.05) is 0 Å². The summed E-state index contributed by atoms with van der Waals surface area (Å²) in [5.41, 5.74) is 5.00. The molecule has 43 heavy (non-hydrogen) atoms. The molecular weight excluding hydrogens is 520 g/mol. The van der Waals surface area contributed by atoms with E-state index in [0.29, 0.717) is 5.56 Å². The van der Waals surface area contributed by atoms with Crippen molar-refractivity contribution in [2.45, 2.75) is 0 Å². The molecule has 0 radical (unpaired) electrons. The monoisotopic (exact) mass is 553 g/mol. The van der Waals surface area contributed by atoms with Crippen LogP contribution in [0.5, 0.6) is 11.5 Å². The van der Waals surface area contributed by atoms with Gasteiger partial charge in [-0.15, -0.1) is 0 Å². The predicted octanol–water partition coefficient (Wildman–Crippen LogP) is 12.0. The highest BCUT2D eigenvalue weighted by atomic mass is 16.5. The molecule has 0 aromatic heterocycles. The molecule has 0 aliphatic carbocycles. The van der Waals surface area contributed by atoms with Crippen LogP contribution in [-0.2, 0) is 0 Å². The van der Waals surface area contributed by atoms with Crippen LogP contribution in [0.4, 0.5) is 0 Å².